The van der Waals surface area contributed by atoms with Gasteiger partial charge < -0.3 is 20.6 Å². The van der Waals surface area contributed by atoms with E-state index in [1.54, 1.807) is 0 Å². The molecule has 6 heteroatoms. The predicted molar refractivity (Wildman–Crippen MR) is 90.8 cm³/mol. The van der Waals surface area contributed by atoms with Crippen LogP contribution in [0.2, 0.25) is 0 Å². The minimum absolute atomic E-state index is 0.378. The van der Waals surface area contributed by atoms with Gasteiger partial charge >= 0.3 is 11.9 Å². The molecule has 1 aliphatic carbocycles. The molecule has 1 aromatic carbocycles. The van der Waals surface area contributed by atoms with Crippen molar-refractivity contribution >= 4 is 11.9 Å². The third-order valence-corrected chi connectivity index (χ3v) is 4.07. The van der Waals surface area contributed by atoms with Crippen molar-refractivity contribution in [1.82, 2.24) is 5.32 Å². The minimum Gasteiger partial charge on any atom is -0.473 e. The molecule has 24 heavy (non-hydrogen) atoms. The Bertz CT molecular complexity index is 471. The van der Waals surface area contributed by atoms with Crippen LogP contribution in [0.4, 0.5) is 0 Å². The lowest BCUT2D eigenvalue weighted by atomic mass is 9.96. The molecular formula is C18H27NO5. The van der Waals surface area contributed by atoms with Crippen LogP contribution in [0.25, 0.3) is 0 Å². The first-order valence-electron chi connectivity index (χ1n) is 8.43. The molecule has 1 atom stereocenters. The maximum atomic E-state index is 10.1. The molecule has 1 fully saturated rings. The molecule has 1 aromatic rings. The number of carboxylic acid groups (broad SMARTS) is 2. The van der Waals surface area contributed by atoms with Crippen LogP contribution in [0.3, 0.4) is 0 Å². The number of aliphatic hydroxyl groups is 1. The lowest BCUT2D eigenvalue weighted by Gasteiger charge is -2.22. The van der Waals surface area contributed by atoms with E-state index in [0.29, 0.717) is 12.6 Å². The number of carboxylic acids is 2. The van der Waals surface area contributed by atoms with Gasteiger partial charge in [-0.15, -0.1) is 0 Å². The molecule has 0 heterocycles. The quantitative estimate of drug-likeness (QED) is 0.629. The van der Waals surface area contributed by atoms with E-state index >= 15 is 0 Å². The fraction of sp³-hybridized carbons (Fsp3) is 0.556. The third-order valence-electron chi connectivity index (χ3n) is 4.07. The van der Waals surface area contributed by atoms with E-state index in [0.717, 1.165) is 5.56 Å². The number of benzene rings is 1. The van der Waals surface area contributed by atoms with Crippen LogP contribution in [-0.2, 0) is 9.59 Å². The number of nitrogens with one attached hydrogen (secondary N) is 1. The Morgan fingerprint density at radius 3 is 1.96 bits per heavy atom. The number of carbonyl (C=O) groups is 2. The number of aliphatic hydroxyl groups excluding tert-OH is 1. The Morgan fingerprint density at radius 2 is 1.46 bits per heavy atom. The summed E-state index contributed by atoms with van der Waals surface area (Å²) in [6.07, 6.45) is 8.97. The molecule has 0 spiro atoms. The molecule has 0 bridgehead atoms. The fourth-order valence-corrected chi connectivity index (χ4v) is 2.73. The SMILES string of the molecule is O=C(O)C(=O)O.OC(CNC1CCCCCCC1)c1ccccc1. The highest BCUT2D eigenvalue weighted by Crippen LogP contribution is 2.18. The second-order valence-electron chi connectivity index (χ2n) is 5.99. The van der Waals surface area contributed by atoms with Crippen molar-refractivity contribution in [3.63, 3.8) is 0 Å². The first-order valence-corrected chi connectivity index (χ1v) is 8.43. The first kappa shape index (κ1) is 20.1. The normalized spacial score (nSPS) is 16.9. The van der Waals surface area contributed by atoms with E-state index < -0.39 is 11.9 Å². The highest BCUT2D eigenvalue weighted by atomic mass is 16.4. The summed E-state index contributed by atoms with van der Waals surface area (Å²) in [5.74, 6) is -3.65. The van der Waals surface area contributed by atoms with Crippen molar-refractivity contribution in [3.05, 3.63) is 35.9 Å². The van der Waals surface area contributed by atoms with Crippen molar-refractivity contribution in [3.8, 4) is 0 Å². The molecule has 1 unspecified atom stereocenters. The highest BCUT2D eigenvalue weighted by molar-refractivity contribution is 6.27. The maximum absolute atomic E-state index is 10.1. The molecule has 0 radical (unpaired) electrons. The van der Waals surface area contributed by atoms with Crippen LogP contribution in [0.15, 0.2) is 30.3 Å². The van der Waals surface area contributed by atoms with Gasteiger partial charge in [-0.2, -0.15) is 0 Å². The standard InChI is InChI=1S/C16H25NO.C2H2O4/c18-16(14-9-5-4-6-10-14)13-17-15-11-7-2-1-3-8-12-15;3-1(4)2(5)6/h4-6,9-10,15-18H,1-3,7-8,11-13H2;(H,3,4)(H,5,6). The zero-order valence-electron chi connectivity index (χ0n) is 13.9. The summed E-state index contributed by atoms with van der Waals surface area (Å²) in [4.78, 5) is 18.2. The van der Waals surface area contributed by atoms with Crippen LogP contribution in [-0.4, -0.2) is 39.8 Å². The van der Waals surface area contributed by atoms with Gasteiger partial charge in [-0.1, -0.05) is 62.4 Å². The molecule has 6 nitrogen and oxygen atoms in total. The van der Waals surface area contributed by atoms with Crippen LogP contribution in [0, 0.1) is 0 Å². The van der Waals surface area contributed by atoms with Crippen molar-refractivity contribution < 1.29 is 24.9 Å². The van der Waals surface area contributed by atoms with E-state index in [1.165, 1.54) is 44.9 Å². The Labute approximate surface area is 142 Å². The highest BCUT2D eigenvalue weighted by Gasteiger charge is 2.13. The van der Waals surface area contributed by atoms with Crippen LogP contribution in [0.5, 0.6) is 0 Å². The largest absolute Gasteiger partial charge is 0.473 e. The number of hydrogen-bond acceptors (Lipinski definition) is 4. The number of hydrogen-bond donors (Lipinski definition) is 4. The monoisotopic (exact) mass is 337 g/mol. The van der Waals surface area contributed by atoms with Crippen LogP contribution >= 0.6 is 0 Å². The Kier molecular flexibility index (Phi) is 9.72. The van der Waals surface area contributed by atoms with Gasteiger partial charge in [-0.05, 0) is 18.4 Å². The molecular weight excluding hydrogens is 310 g/mol. The second kappa shape index (κ2) is 11.6. The number of aliphatic carboxylic acids is 2. The third kappa shape index (κ3) is 8.64. The maximum Gasteiger partial charge on any atom is 0.414 e. The fourth-order valence-electron chi connectivity index (χ4n) is 2.73. The molecule has 4 N–H and O–H groups in total. The lowest BCUT2D eigenvalue weighted by Crippen LogP contribution is -2.33. The summed E-state index contributed by atoms with van der Waals surface area (Å²) in [7, 11) is 0. The molecule has 0 saturated heterocycles. The van der Waals surface area contributed by atoms with Crippen molar-refractivity contribution in [2.45, 2.75) is 57.1 Å². The van der Waals surface area contributed by atoms with E-state index in [2.05, 4.69) is 5.32 Å². The summed E-state index contributed by atoms with van der Waals surface area (Å²) in [6, 6.07) is 10.5. The average molecular weight is 337 g/mol. The van der Waals surface area contributed by atoms with Crippen LogP contribution < -0.4 is 5.32 Å². The predicted octanol–water partition coefficient (Wildman–Crippen LogP) is 2.58. The van der Waals surface area contributed by atoms with Gasteiger partial charge in [-0.25, -0.2) is 9.59 Å². The average Bonchev–Trinajstić information content (AvgIpc) is 2.55. The van der Waals surface area contributed by atoms with Crippen molar-refractivity contribution in [2.24, 2.45) is 0 Å². The van der Waals surface area contributed by atoms with Crippen molar-refractivity contribution in [1.29, 1.82) is 0 Å². The van der Waals surface area contributed by atoms with Gasteiger partial charge in [0.2, 0.25) is 0 Å². The van der Waals surface area contributed by atoms with Gasteiger partial charge in [0, 0.05) is 12.6 Å². The van der Waals surface area contributed by atoms with Gasteiger partial charge in [0.15, 0.2) is 0 Å². The zero-order chi connectivity index (χ0) is 17.8. The zero-order valence-corrected chi connectivity index (χ0v) is 13.9. The van der Waals surface area contributed by atoms with Gasteiger partial charge in [-0.3, -0.25) is 0 Å². The van der Waals surface area contributed by atoms with E-state index in [-0.39, 0.29) is 6.10 Å². The molecule has 0 amide bonds. The molecule has 0 aromatic heterocycles. The Hall–Kier alpha value is -1.92. The Balaban J connectivity index is 0.000000413. The first-order chi connectivity index (χ1) is 11.5. The summed E-state index contributed by atoms with van der Waals surface area (Å²) in [5, 5.41) is 28.4. The topological polar surface area (TPSA) is 107 Å². The van der Waals surface area contributed by atoms with E-state index in [1.807, 2.05) is 30.3 Å². The summed E-state index contributed by atoms with van der Waals surface area (Å²) >= 11 is 0. The Morgan fingerprint density at radius 1 is 0.958 bits per heavy atom. The number of rotatable bonds is 4. The minimum atomic E-state index is -1.82. The van der Waals surface area contributed by atoms with Crippen LogP contribution in [0.1, 0.15) is 56.6 Å². The lowest BCUT2D eigenvalue weighted by molar-refractivity contribution is -0.159. The molecule has 134 valence electrons. The summed E-state index contributed by atoms with van der Waals surface area (Å²) in [6.45, 7) is 0.675. The van der Waals surface area contributed by atoms with Gasteiger partial charge in [0.1, 0.15) is 0 Å². The van der Waals surface area contributed by atoms with E-state index in [9.17, 15) is 5.11 Å². The molecule has 1 aliphatic rings. The summed E-state index contributed by atoms with van der Waals surface area (Å²) < 4.78 is 0. The van der Waals surface area contributed by atoms with Gasteiger partial charge in [0.25, 0.3) is 0 Å². The smallest absolute Gasteiger partial charge is 0.414 e. The van der Waals surface area contributed by atoms with Crippen molar-refractivity contribution in [2.75, 3.05) is 6.54 Å². The second-order valence-corrected chi connectivity index (χ2v) is 5.99. The van der Waals surface area contributed by atoms with E-state index in [4.69, 9.17) is 19.8 Å². The van der Waals surface area contributed by atoms with Gasteiger partial charge in [0.05, 0.1) is 6.10 Å². The summed E-state index contributed by atoms with van der Waals surface area (Å²) in [5.41, 5.74) is 1.01. The molecule has 0 aliphatic heterocycles. The molecule has 1 saturated carbocycles. The molecule has 2 rings (SSSR count).